The number of carboxylic acids is 1. The molecule has 0 unspecified atom stereocenters. The maximum absolute atomic E-state index is 15.5. The van der Waals surface area contributed by atoms with Gasteiger partial charge in [0.25, 0.3) is 0 Å². The van der Waals surface area contributed by atoms with E-state index < -0.39 is 205 Å². The molecule has 1 saturated heterocycles. The number of hydrogen-bond donors (Lipinski definition) is 14. The van der Waals surface area contributed by atoms with Crippen LogP contribution in [0.5, 0.6) is 11.5 Å². The summed E-state index contributed by atoms with van der Waals surface area (Å²) in [5, 5.41) is 56.1. The number of carboxylic acid groups (broad SMARTS) is 1. The number of likely N-dealkylation sites (N-methyl/N-ethyl adjacent to an activating group) is 5. The Morgan fingerprint density at radius 1 is 0.489 bits per heavy atom. The number of para-hydroxylation sites is 1. The summed E-state index contributed by atoms with van der Waals surface area (Å²) in [5.41, 5.74) is 9.03. The maximum Gasteiger partial charge on any atom is 0.305 e. The van der Waals surface area contributed by atoms with Crippen molar-refractivity contribution in [2.45, 2.75) is 172 Å². The number of benzene rings is 6. The third-order valence-electron chi connectivity index (χ3n) is 22.2. The van der Waals surface area contributed by atoms with Gasteiger partial charge in [-0.3, -0.25) is 76.7 Å². The number of nitrogens with two attached hydrogens (primary N) is 1. The normalized spacial score (nSPS) is 21.8. The summed E-state index contributed by atoms with van der Waals surface area (Å²) in [6, 6.07) is 24.3. The molecule has 1 aliphatic rings. The van der Waals surface area contributed by atoms with Crippen molar-refractivity contribution in [3.05, 3.63) is 200 Å². The number of phenolic OH excluding ortho intramolecular Hbond substituents is 2. The number of fused-ring (bicyclic) bond motifs is 1. The number of halogens is 2. The zero-order chi connectivity index (χ0) is 96.0. The van der Waals surface area contributed by atoms with Gasteiger partial charge in [-0.25, -0.2) is 0 Å². The Bertz CT molecular complexity index is 5190. The fourth-order valence-corrected chi connectivity index (χ4v) is 17.2. The Balaban J connectivity index is 1.22. The highest BCUT2D eigenvalue weighted by Crippen LogP contribution is 2.34. The predicted molar refractivity (Wildman–Crippen MR) is 497 cm³/mol. The number of thioether (sulfide) groups is 1. The summed E-state index contributed by atoms with van der Waals surface area (Å²) < 4.78 is 0.339. The zero-order valence-corrected chi connectivity index (χ0v) is 78.7. The minimum absolute atomic E-state index is 0.0271. The lowest BCUT2D eigenvalue weighted by molar-refractivity contribution is -0.151. The summed E-state index contributed by atoms with van der Waals surface area (Å²) in [5.74, 6) is -17.7. The fraction of sp³-hybridized carbons (Fsp3) is 0.419. The lowest BCUT2D eigenvalue weighted by Crippen LogP contribution is -2.61. The molecule has 702 valence electrons. The molecule has 35 nitrogen and oxygen atoms in total. The van der Waals surface area contributed by atoms with Crippen molar-refractivity contribution in [2.24, 2.45) is 17.6 Å². The summed E-state index contributed by atoms with van der Waals surface area (Å²) in [7, 11) is 6.53. The third-order valence-corrected chi connectivity index (χ3v) is 24.4. The molecule has 1 aliphatic heterocycles. The van der Waals surface area contributed by atoms with Gasteiger partial charge in [0.2, 0.25) is 88.6 Å². The van der Waals surface area contributed by atoms with Gasteiger partial charge in [-0.1, -0.05) is 169 Å². The molecule has 11 atom stereocenters. The number of phenols is 2. The molecule has 131 heavy (non-hydrogen) atoms. The first-order valence-electron chi connectivity index (χ1n) is 42.9. The van der Waals surface area contributed by atoms with E-state index in [1.807, 2.05) is 6.92 Å². The van der Waals surface area contributed by atoms with Gasteiger partial charge in [0.15, 0.2) is 0 Å². The Morgan fingerprint density at radius 3 is 1.51 bits per heavy atom. The van der Waals surface area contributed by atoms with Crippen LogP contribution >= 0.6 is 43.6 Å². The molecule has 0 aliphatic carbocycles. The zero-order valence-electron chi connectivity index (χ0n) is 74.7. The summed E-state index contributed by atoms with van der Waals surface area (Å²) in [6.07, 6.45) is -0.0353. The number of aromatic hydroxyl groups is 2. The quantitative estimate of drug-likeness (QED) is 0.0432. The number of unbranched alkanes of at least 4 members (excludes halogenated alkanes) is 1. The van der Waals surface area contributed by atoms with Gasteiger partial charge in [-0.15, -0.1) is 11.8 Å². The number of rotatable bonds is 23. The van der Waals surface area contributed by atoms with Crippen LogP contribution in [0.4, 0.5) is 0 Å². The number of amides is 15. The van der Waals surface area contributed by atoms with Crippen LogP contribution in [-0.4, -0.2) is 272 Å². The van der Waals surface area contributed by atoms with Gasteiger partial charge >= 0.3 is 5.97 Å². The minimum Gasteiger partial charge on any atom is -0.508 e. The van der Waals surface area contributed by atoms with E-state index in [0.717, 1.165) is 26.5 Å². The number of primary amides is 1. The first-order valence-corrected chi connectivity index (χ1v) is 45.6. The highest BCUT2D eigenvalue weighted by molar-refractivity contribution is 9.11. The van der Waals surface area contributed by atoms with Gasteiger partial charge in [0, 0.05) is 96.6 Å². The second-order valence-electron chi connectivity index (χ2n) is 33.3. The van der Waals surface area contributed by atoms with Crippen molar-refractivity contribution in [1.29, 1.82) is 0 Å². The van der Waals surface area contributed by atoms with E-state index in [9.17, 15) is 48.9 Å². The molecule has 15 N–H and O–H groups in total. The van der Waals surface area contributed by atoms with Crippen LogP contribution in [-0.2, 0) is 115 Å². The van der Waals surface area contributed by atoms with E-state index in [0.29, 0.717) is 57.1 Å². The Morgan fingerprint density at radius 2 is 0.954 bits per heavy atom. The van der Waals surface area contributed by atoms with Crippen molar-refractivity contribution >= 4 is 149 Å². The molecule has 0 saturated carbocycles. The standard InChI is InChI=1S/C93H116Br2N16O19S/c1-11-12-32-73-91(128)108(7)50-78(115)100-69(46-80(117)118)87(124)106-81(54(4)5)93(130)110(9)74(43-56-26-18-14-19-27-56)88(125)104-70(41-58-33-35-61(112)36-34-58)89(126)107(6)49-77(114)99-68(45-60-47-97-65-31-23-22-30-62(60)65)86(123)103-67(42-59-38-63(94)82(119)64(95)39-59)85(122)102-66(37-53(2)3)84(121)105-72(83(120)98-48-76(96)113)51-131-52-79(116)101-71(40-55-24-16-13-17-25-55)90(127)111(10)75(92(129)109(73)8)44-57-28-20-15-21-29-57/h13-31,33-36,38-39,47,53-54,66-75,81,97,112,119H,11-12,32,37,40-46,48-52H2,1-10H3,(H2,96,113)(H,98,120)(H,99,114)(H,100,115)(H,101,116)(H,102,122)(H,103,123)(H,104,125)(H,105,121)(H,106,124)(H,117,118)/t66-,67-,68-,69-,70-,71-,72-,73-,74-,75-,81-/m0/s1. The molecule has 8 rings (SSSR count). The van der Waals surface area contributed by atoms with E-state index in [4.69, 9.17) is 5.73 Å². The molecule has 38 heteroatoms. The molecule has 0 radical (unpaired) electrons. The number of hydrogen-bond acceptors (Lipinski definition) is 19. The molecular formula is C93H116Br2N16O19S. The molecule has 6 aromatic carbocycles. The second kappa shape index (κ2) is 49.9. The van der Waals surface area contributed by atoms with Crippen LogP contribution in [0.2, 0.25) is 0 Å². The van der Waals surface area contributed by atoms with Gasteiger partial charge in [-0.2, -0.15) is 0 Å². The van der Waals surface area contributed by atoms with Crippen molar-refractivity contribution in [2.75, 3.05) is 66.4 Å². The van der Waals surface area contributed by atoms with Crippen LogP contribution < -0.4 is 53.6 Å². The maximum atomic E-state index is 15.5. The van der Waals surface area contributed by atoms with Crippen LogP contribution in [0.3, 0.4) is 0 Å². The Kier molecular flexibility index (Phi) is 39.5. The van der Waals surface area contributed by atoms with E-state index in [1.165, 1.54) is 81.4 Å². The van der Waals surface area contributed by atoms with E-state index >= 15 is 43.2 Å². The van der Waals surface area contributed by atoms with Crippen LogP contribution in [0.15, 0.2) is 167 Å². The average molecular weight is 1950 g/mol. The Labute approximate surface area is 781 Å². The smallest absolute Gasteiger partial charge is 0.305 e. The molecule has 15 amide bonds. The van der Waals surface area contributed by atoms with Crippen molar-refractivity contribution in [1.82, 2.24) is 77.3 Å². The van der Waals surface area contributed by atoms with Gasteiger partial charge in [-0.05, 0) is 120 Å². The van der Waals surface area contributed by atoms with Crippen molar-refractivity contribution in [3.63, 3.8) is 0 Å². The van der Waals surface area contributed by atoms with Crippen molar-refractivity contribution in [3.8, 4) is 11.5 Å². The minimum atomic E-state index is -1.91. The first-order chi connectivity index (χ1) is 62.2. The lowest BCUT2D eigenvalue weighted by atomic mass is 9.98. The van der Waals surface area contributed by atoms with Crippen molar-refractivity contribution < 1.29 is 92.0 Å². The average Bonchev–Trinajstić information content (AvgIpc) is 1.79. The van der Waals surface area contributed by atoms with Gasteiger partial charge < -0.3 is 98.4 Å². The highest BCUT2D eigenvalue weighted by Gasteiger charge is 2.42. The molecule has 1 fully saturated rings. The third kappa shape index (κ3) is 31.0. The van der Waals surface area contributed by atoms with E-state index in [1.54, 1.807) is 149 Å². The van der Waals surface area contributed by atoms with Gasteiger partial charge in [0.05, 0.1) is 40.8 Å². The Hall–Kier alpha value is -12.7. The van der Waals surface area contributed by atoms with E-state index in [2.05, 4.69) is 84.7 Å². The molecule has 1 aromatic heterocycles. The molecule has 0 spiro atoms. The molecular weight excluding hydrogens is 1840 g/mol. The number of aromatic nitrogens is 1. The lowest BCUT2D eigenvalue weighted by Gasteiger charge is -2.37. The fourth-order valence-electron chi connectivity index (χ4n) is 15.1. The SMILES string of the molecule is CCCC[C@H]1C(=O)N(C)CC(=O)N[C@@H](CC(=O)O)C(=O)N[C@@H](C(C)C)C(=O)N(C)[C@@H](Cc2ccccc2)C(=O)N[C@@H](Cc2ccc(O)cc2)C(=O)N(C)CC(=O)N[C@@H](Cc2c[nH]c3ccccc23)C(=O)N[C@@H](Cc2cc(Br)c(O)c(Br)c2)C(=O)N[C@@H](CC(C)C)C(=O)N[C@H](C(=O)NCC(N)=O)CSCC(=O)N[C@@H](Cc2ccccc2)C(=O)N(C)[C@@H](Cc2ccccc2)C(=O)N1C. The van der Waals surface area contributed by atoms with E-state index in [-0.39, 0.29) is 77.7 Å². The highest BCUT2D eigenvalue weighted by atomic mass is 79.9. The monoisotopic (exact) mass is 1950 g/mol. The predicted octanol–water partition coefficient (Wildman–Crippen LogP) is 3.85. The van der Waals surface area contributed by atoms with Crippen LogP contribution in [0.1, 0.15) is 100 Å². The number of carbonyl (C=O) groups is 16. The van der Waals surface area contributed by atoms with Crippen LogP contribution in [0.25, 0.3) is 10.9 Å². The molecule has 0 bridgehead atoms. The largest absolute Gasteiger partial charge is 0.508 e. The molecule has 2 heterocycles. The number of aliphatic carboxylic acids is 1. The second-order valence-corrected chi connectivity index (χ2v) is 36.0. The number of carbonyl (C=O) groups excluding carboxylic acids is 15. The first kappa shape index (κ1) is 104. The molecule has 7 aromatic rings. The topological polar surface area (TPSA) is 500 Å². The number of H-pyrrole nitrogens is 1. The number of nitrogens with zero attached hydrogens (tertiary/aromatic N) is 5. The summed E-state index contributed by atoms with van der Waals surface area (Å²) in [6.45, 7) is 6.14. The number of nitrogens with one attached hydrogen (secondary N) is 10. The summed E-state index contributed by atoms with van der Waals surface area (Å²) >= 11 is 7.52. The summed E-state index contributed by atoms with van der Waals surface area (Å²) in [4.78, 5) is 244. The van der Waals surface area contributed by atoms with Crippen LogP contribution in [0, 0.1) is 11.8 Å². The number of aromatic amines is 1. The van der Waals surface area contributed by atoms with Gasteiger partial charge in [0.1, 0.15) is 78.0 Å².